The van der Waals surface area contributed by atoms with Gasteiger partial charge in [0.1, 0.15) is 0 Å². The average molecular weight is 379 g/mol. The predicted octanol–water partition coefficient (Wildman–Crippen LogP) is 5.16. The normalized spacial score (nSPS) is 20.9. The lowest BCUT2D eigenvalue weighted by atomic mass is 9.68. The minimum atomic E-state index is -1.18. The lowest BCUT2D eigenvalue weighted by Crippen LogP contribution is -2.44. The van der Waals surface area contributed by atoms with E-state index in [1.54, 1.807) is 12.2 Å². The number of carboxylic acids is 1. The summed E-state index contributed by atoms with van der Waals surface area (Å²) in [6.07, 6.45) is 8.77. The first-order valence-electron chi connectivity index (χ1n) is 10.3. The van der Waals surface area contributed by atoms with Gasteiger partial charge in [-0.25, -0.2) is 0 Å². The maximum atomic E-state index is 11.8. The number of carboxylic acid groups (broad SMARTS) is 1. The van der Waals surface area contributed by atoms with Crippen molar-refractivity contribution in [3.8, 4) is 0 Å². The molecular weight excluding hydrogens is 340 g/mol. The molecule has 0 saturated carbocycles. The number of ketones is 1. The Kier molecular flexibility index (Phi) is 8.47. The van der Waals surface area contributed by atoms with Gasteiger partial charge in [-0.05, 0) is 55.6 Å². The van der Waals surface area contributed by atoms with Crippen molar-refractivity contribution < 1.29 is 19.8 Å². The van der Waals surface area contributed by atoms with Crippen LogP contribution < -0.4 is 0 Å². The summed E-state index contributed by atoms with van der Waals surface area (Å²) in [6.45, 7) is 12.5. The van der Waals surface area contributed by atoms with Gasteiger partial charge in [-0.2, -0.15) is 0 Å². The monoisotopic (exact) mass is 378 g/mol. The molecule has 0 spiro atoms. The highest BCUT2D eigenvalue weighted by Crippen LogP contribution is 2.41. The van der Waals surface area contributed by atoms with Crippen molar-refractivity contribution in [3.05, 3.63) is 23.8 Å². The lowest BCUT2D eigenvalue weighted by molar-refractivity contribution is -0.148. The molecule has 0 aromatic rings. The molecule has 0 bridgehead atoms. The van der Waals surface area contributed by atoms with Crippen molar-refractivity contribution in [2.24, 2.45) is 23.2 Å². The van der Waals surface area contributed by atoms with Gasteiger partial charge in [0.2, 0.25) is 0 Å². The van der Waals surface area contributed by atoms with E-state index >= 15 is 0 Å². The second-order valence-electron chi connectivity index (χ2n) is 9.30. The molecule has 0 fully saturated rings. The molecule has 0 saturated heterocycles. The molecule has 0 heterocycles. The third-order valence-electron chi connectivity index (χ3n) is 5.92. The maximum absolute atomic E-state index is 11.8. The van der Waals surface area contributed by atoms with Crippen molar-refractivity contribution in [2.45, 2.75) is 85.7 Å². The third kappa shape index (κ3) is 6.91. The van der Waals surface area contributed by atoms with Gasteiger partial charge in [0.05, 0.1) is 12.0 Å². The van der Waals surface area contributed by atoms with Crippen LogP contribution in [0.5, 0.6) is 0 Å². The Morgan fingerprint density at radius 3 is 2.41 bits per heavy atom. The lowest BCUT2D eigenvalue weighted by Gasteiger charge is -2.40. The van der Waals surface area contributed by atoms with Crippen LogP contribution in [0.25, 0.3) is 0 Å². The highest BCUT2D eigenvalue weighted by molar-refractivity contribution is 6.01. The first-order chi connectivity index (χ1) is 12.4. The number of aliphatic hydroxyl groups is 1. The summed E-state index contributed by atoms with van der Waals surface area (Å²) >= 11 is 0. The Morgan fingerprint density at radius 1 is 1.26 bits per heavy atom. The van der Waals surface area contributed by atoms with Gasteiger partial charge in [-0.15, -0.1) is 0 Å². The van der Waals surface area contributed by atoms with Crippen LogP contribution in [-0.2, 0) is 9.59 Å². The number of carbonyl (C=O) groups excluding carboxylic acids is 1. The number of hydrogen-bond donors (Lipinski definition) is 2. The summed E-state index contributed by atoms with van der Waals surface area (Å²) in [7, 11) is 0. The molecule has 0 aromatic carbocycles. The zero-order valence-corrected chi connectivity index (χ0v) is 17.9. The number of carbonyl (C=O) groups is 2. The first kappa shape index (κ1) is 23.6. The van der Waals surface area contributed by atoms with Gasteiger partial charge in [0.15, 0.2) is 5.78 Å². The third-order valence-corrected chi connectivity index (χ3v) is 5.92. The van der Waals surface area contributed by atoms with Gasteiger partial charge in [0, 0.05) is 5.41 Å². The van der Waals surface area contributed by atoms with E-state index in [1.165, 1.54) is 0 Å². The number of hydrogen-bond acceptors (Lipinski definition) is 3. The smallest absolute Gasteiger partial charge is 0.306 e. The van der Waals surface area contributed by atoms with Gasteiger partial charge in [-0.3, -0.25) is 9.59 Å². The molecule has 154 valence electrons. The molecule has 27 heavy (non-hydrogen) atoms. The van der Waals surface area contributed by atoms with Crippen LogP contribution >= 0.6 is 0 Å². The summed E-state index contributed by atoms with van der Waals surface area (Å²) in [6, 6.07) is 0. The summed E-state index contributed by atoms with van der Waals surface area (Å²) in [4.78, 5) is 23.2. The van der Waals surface area contributed by atoms with Crippen LogP contribution in [0, 0.1) is 23.2 Å². The van der Waals surface area contributed by atoms with Crippen LogP contribution in [0.15, 0.2) is 23.8 Å². The van der Waals surface area contributed by atoms with Crippen molar-refractivity contribution in [1.82, 2.24) is 0 Å². The molecule has 1 rings (SSSR count). The maximum Gasteiger partial charge on any atom is 0.306 e. The number of aliphatic carboxylic acids is 1. The standard InChI is InChI=1S/C23H38O4/c1-7-11-23(27,15-21(25)26)20(13-16(2)3)17(4)8-9-18-14-19(24)10-12-22(18,5)6/h10,12,14,16-17,20,27H,7-9,11,13,15H2,1-6H3,(H,25,26). The molecular formula is C23H38O4. The van der Waals surface area contributed by atoms with E-state index in [4.69, 9.17) is 0 Å². The Morgan fingerprint density at radius 2 is 1.89 bits per heavy atom. The van der Waals surface area contributed by atoms with Crippen LogP contribution in [0.3, 0.4) is 0 Å². The van der Waals surface area contributed by atoms with E-state index in [1.807, 2.05) is 13.0 Å². The predicted molar refractivity (Wildman–Crippen MR) is 109 cm³/mol. The van der Waals surface area contributed by atoms with Gasteiger partial charge in [-0.1, -0.05) is 59.6 Å². The van der Waals surface area contributed by atoms with E-state index in [2.05, 4.69) is 34.6 Å². The molecule has 1 aliphatic carbocycles. The van der Waals surface area contributed by atoms with E-state index in [0.29, 0.717) is 12.3 Å². The Bertz CT molecular complexity index is 585. The minimum absolute atomic E-state index is 0.0315. The number of rotatable bonds is 11. The summed E-state index contributed by atoms with van der Waals surface area (Å²) < 4.78 is 0. The molecule has 0 amide bonds. The molecule has 3 atom stereocenters. The summed E-state index contributed by atoms with van der Waals surface area (Å²) in [5, 5.41) is 20.6. The second-order valence-corrected chi connectivity index (χ2v) is 9.30. The molecule has 4 heteroatoms. The Balaban J connectivity index is 2.98. The molecule has 4 nitrogen and oxygen atoms in total. The number of allylic oxidation sites excluding steroid dienone is 4. The van der Waals surface area contributed by atoms with Gasteiger partial charge in [0.25, 0.3) is 0 Å². The van der Waals surface area contributed by atoms with Crippen molar-refractivity contribution in [2.75, 3.05) is 0 Å². The Labute approximate surface area is 164 Å². The topological polar surface area (TPSA) is 74.6 Å². The van der Waals surface area contributed by atoms with Crippen LogP contribution in [0.4, 0.5) is 0 Å². The Hall–Kier alpha value is -1.42. The molecule has 0 aliphatic heterocycles. The summed E-state index contributed by atoms with van der Waals surface area (Å²) in [5.74, 6) is -0.444. The zero-order chi connectivity index (χ0) is 20.8. The minimum Gasteiger partial charge on any atom is -0.481 e. The van der Waals surface area contributed by atoms with Crippen LogP contribution in [0.1, 0.15) is 80.1 Å². The highest BCUT2D eigenvalue weighted by atomic mass is 16.4. The quantitative estimate of drug-likeness (QED) is 0.520. The average Bonchev–Trinajstić information content (AvgIpc) is 2.52. The van der Waals surface area contributed by atoms with Crippen LogP contribution in [0.2, 0.25) is 0 Å². The molecule has 3 unspecified atom stereocenters. The van der Waals surface area contributed by atoms with E-state index in [0.717, 1.165) is 31.3 Å². The fourth-order valence-electron chi connectivity index (χ4n) is 4.37. The van der Waals surface area contributed by atoms with Gasteiger partial charge >= 0.3 is 5.97 Å². The zero-order valence-electron chi connectivity index (χ0n) is 17.9. The van der Waals surface area contributed by atoms with Crippen molar-refractivity contribution in [3.63, 3.8) is 0 Å². The highest BCUT2D eigenvalue weighted by Gasteiger charge is 2.41. The SMILES string of the molecule is CCCC(O)(CC(=O)O)C(CC(C)C)C(C)CCC1=CC(=O)C=CC1(C)C. The van der Waals surface area contributed by atoms with Crippen molar-refractivity contribution in [1.29, 1.82) is 0 Å². The molecule has 0 radical (unpaired) electrons. The van der Waals surface area contributed by atoms with E-state index < -0.39 is 11.6 Å². The second kappa shape index (κ2) is 9.68. The molecule has 2 N–H and O–H groups in total. The van der Waals surface area contributed by atoms with E-state index in [-0.39, 0.29) is 29.5 Å². The fourth-order valence-corrected chi connectivity index (χ4v) is 4.37. The van der Waals surface area contributed by atoms with Crippen LogP contribution in [-0.4, -0.2) is 27.6 Å². The fraction of sp³-hybridized carbons (Fsp3) is 0.739. The molecule has 0 aromatic heterocycles. The summed E-state index contributed by atoms with van der Waals surface area (Å²) in [5.41, 5.74) is -0.208. The van der Waals surface area contributed by atoms with Gasteiger partial charge < -0.3 is 10.2 Å². The van der Waals surface area contributed by atoms with E-state index in [9.17, 15) is 19.8 Å². The first-order valence-corrected chi connectivity index (χ1v) is 10.3. The molecule has 1 aliphatic rings. The van der Waals surface area contributed by atoms with Crippen molar-refractivity contribution >= 4 is 11.8 Å². The largest absolute Gasteiger partial charge is 0.481 e.